The Morgan fingerprint density at radius 2 is 2.10 bits per heavy atom. The number of hydrogen-bond donors (Lipinski definition) is 0. The van der Waals surface area contributed by atoms with Crippen LogP contribution in [0, 0.1) is 23.6 Å². The summed E-state index contributed by atoms with van der Waals surface area (Å²) in [5.74, 6) is 0. The molecule has 0 N–H and O–H groups in total. The molecule has 0 aliphatic rings. The van der Waals surface area contributed by atoms with Crippen molar-refractivity contribution < 1.29 is 0 Å². The minimum Gasteiger partial charge on any atom is -0.239 e. The van der Waals surface area contributed by atoms with Crippen LogP contribution in [-0.4, -0.2) is 4.98 Å². The van der Waals surface area contributed by atoms with E-state index in [1.54, 1.807) is 0 Å². The fraction of sp³-hybridized carbons (Fsp3) is 0.286. The van der Waals surface area contributed by atoms with Crippen LogP contribution in [0.25, 0.3) is 0 Å². The van der Waals surface area contributed by atoms with Crippen LogP contribution in [0.4, 0.5) is 0 Å². The van der Waals surface area contributed by atoms with Crippen LogP contribution in [0.1, 0.15) is 11.1 Å². The van der Waals surface area contributed by atoms with Crippen molar-refractivity contribution in [2.24, 2.45) is 0 Å². The SMILES string of the molecule is Cc1[c]nc(Br)c(C)c1I. The maximum Gasteiger partial charge on any atom is 0.110 e. The highest BCUT2D eigenvalue weighted by atomic mass is 127. The first-order valence-electron chi connectivity index (χ1n) is 2.83. The van der Waals surface area contributed by atoms with Gasteiger partial charge < -0.3 is 0 Å². The Morgan fingerprint density at radius 1 is 1.50 bits per heavy atom. The molecule has 0 fully saturated rings. The van der Waals surface area contributed by atoms with E-state index in [9.17, 15) is 0 Å². The van der Waals surface area contributed by atoms with E-state index in [-0.39, 0.29) is 0 Å². The van der Waals surface area contributed by atoms with E-state index >= 15 is 0 Å². The van der Waals surface area contributed by atoms with Gasteiger partial charge in [0.2, 0.25) is 0 Å². The van der Waals surface area contributed by atoms with Gasteiger partial charge in [-0.25, -0.2) is 4.98 Å². The predicted octanol–water partition coefficient (Wildman–Crippen LogP) is 2.87. The predicted molar refractivity (Wildman–Crippen MR) is 53.0 cm³/mol. The van der Waals surface area contributed by atoms with Crippen LogP contribution in [0.3, 0.4) is 0 Å². The molecular weight excluding hydrogens is 305 g/mol. The molecule has 1 nitrogen and oxygen atoms in total. The highest BCUT2D eigenvalue weighted by molar-refractivity contribution is 14.1. The second-order valence-corrected chi connectivity index (χ2v) is 3.91. The summed E-state index contributed by atoms with van der Waals surface area (Å²) in [5.41, 5.74) is 2.30. The Morgan fingerprint density at radius 3 is 2.60 bits per heavy atom. The largest absolute Gasteiger partial charge is 0.239 e. The molecule has 0 amide bonds. The fourth-order valence-electron chi connectivity index (χ4n) is 0.638. The van der Waals surface area contributed by atoms with Crippen LogP contribution < -0.4 is 0 Å². The summed E-state index contributed by atoms with van der Waals surface area (Å²) in [7, 11) is 0. The molecule has 1 aromatic heterocycles. The lowest BCUT2D eigenvalue weighted by atomic mass is 10.2. The normalized spacial score (nSPS) is 10.0. The average molecular weight is 311 g/mol. The first-order chi connectivity index (χ1) is 4.63. The number of aryl methyl sites for hydroxylation is 1. The van der Waals surface area contributed by atoms with Crippen molar-refractivity contribution in [1.29, 1.82) is 0 Å². The molecule has 53 valence electrons. The molecule has 1 aromatic rings. The second kappa shape index (κ2) is 3.17. The van der Waals surface area contributed by atoms with E-state index in [2.05, 4.69) is 49.7 Å². The number of aromatic nitrogens is 1. The topological polar surface area (TPSA) is 12.9 Å². The molecule has 0 aliphatic carbocycles. The van der Waals surface area contributed by atoms with Gasteiger partial charge in [0.15, 0.2) is 0 Å². The van der Waals surface area contributed by atoms with Gasteiger partial charge in [0.1, 0.15) is 4.60 Å². The van der Waals surface area contributed by atoms with Crippen molar-refractivity contribution in [3.63, 3.8) is 0 Å². The van der Waals surface area contributed by atoms with Gasteiger partial charge in [0.25, 0.3) is 0 Å². The van der Waals surface area contributed by atoms with Gasteiger partial charge >= 0.3 is 0 Å². The third-order valence-corrected chi connectivity index (χ3v) is 3.68. The molecule has 0 unspecified atom stereocenters. The number of nitrogens with zero attached hydrogens (tertiary/aromatic N) is 1. The molecule has 1 rings (SSSR count). The molecule has 3 heteroatoms. The Labute approximate surface area is 82.5 Å². The molecule has 0 aliphatic heterocycles. The highest BCUT2D eigenvalue weighted by Crippen LogP contribution is 2.20. The van der Waals surface area contributed by atoms with Gasteiger partial charge in [0, 0.05) is 3.57 Å². The summed E-state index contributed by atoms with van der Waals surface area (Å²) < 4.78 is 2.13. The van der Waals surface area contributed by atoms with Gasteiger partial charge in [-0.1, -0.05) is 0 Å². The Bertz CT molecular complexity index is 233. The minimum absolute atomic E-state index is 0.891. The average Bonchev–Trinajstić information content (AvgIpc) is 1.93. The summed E-state index contributed by atoms with van der Waals surface area (Å²) in [6, 6.07) is 0. The molecule has 0 saturated carbocycles. The zero-order chi connectivity index (χ0) is 7.72. The van der Waals surface area contributed by atoms with Crippen molar-refractivity contribution in [2.75, 3.05) is 0 Å². The first-order valence-corrected chi connectivity index (χ1v) is 4.70. The zero-order valence-electron chi connectivity index (χ0n) is 5.70. The third kappa shape index (κ3) is 1.50. The van der Waals surface area contributed by atoms with Crippen molar-refractivity contribution in [3.8, 4) is 0 Å². The Hall–Kier alpha value is 0.360. The molecule has 1 heterocycles. The molecule has 0 spiro atoms. The van der Waals surface area contributed by atoms with Crippen molar-refractivity contribution in [3.05, 3.63) is 25.5 Å². The molecule has 0 aromatic carbocycles. The number of halogens is 2. The van der Waals surface area contributed by atoms with Crippen LogP contribution in [-0.2, 0) is 0 Å². The smallest absolute Gasteiger partial charge is 0.110 e. The maximum atomic E-state index is 4.03. The van der Waals surface area contributed by atoms with Gasteiger partial charge in [-0.05, 0) is 63.5 Å². The maximum absolute atomic E-state index is 4.03. The summed E-state index contributed by atoms with van der Waals surface area (Å²) in [5, 5.41) is 0. The quantitative estimate of drug-likeness (QED) is 0.530. The van der Waals surface area contributed by atoms with E-state index in [0.717, 1.165) is 10.2 Å². The summed E-state index contributed by atoms with van der Waals surface area (Å²) in [6.45, 7) is 4.05. The van der Waals surface area contributed by atoms with Crippen molar-refractivity contribution in [2.45, 2.75) is 13.8 Å². The van der Waals surface area contributed by atoms with Crippen molar-refractivity contribution >= 4 is 38.5 Å². The number of pyridine rings is 1. The van der Waals surface area contributed by atoms with Gasteiger partial charge in [-0.2, -0.15) is 0 Å². The standard InChI is InChI=1S/C7H6BrIN/c1-4-3-10-7(8)5(2)6(4)9/h1-2H3. The number of rotatable bonds is 0. The zero-order valence-corrected chi connectivity index (χ0v) is 9.45. The Balaban J connectivity index is 3.34. The van der Waals surface area contributed by atoms with Gasteiger partial charge in [-0.3, -0.25) is 0 Å². The molecular formula is C7H6BrIN. The molecule has 0 atom stereocenters. The number of hydrogen-bond acceptors (Lipinski definition) is 1. The van der Waals surface area contributed by atoms with E-state index in [0.29, 0.717) is 0 Å². The fourth-order valence-corrected chi connectivity index (χ4v) is 1.67. The summed E-state index contributed by atoms with van der Waals surface area (Å²) in [4.78, 5) is 4.03. The molecule has 0 saturated heterocycles. The lowest BCUT2D eigenvalue weighted by Crippen LogP contribution is -1.90. The molecule has 10 heavy (non-hydrogen) atoms. The Kier molecular flexibility index (Phi) is 2.68. The van der Waals surface area contributed by atoms with E-state index in [1.165, 1.54) is 9.13 Å². The van der Waals surface area contributed by atoms with Crippen LogP contribution in [0.5, 0.6) is 0 Å². The van der Waals surface area contributed by atoms with Gasteiger partial charge in [0.05, 0.1) is 6.20 Å². The lowest BCUT2D eigenvalue weighted by molar-refractivity contribution is 1.14. The summed E-state index contributed by atoms with van der Waals surface area (Å²) >= 11 is 5.63. The van der Waals surface area contributed by atoms with E-state index in [4.69, 9.17) is 0 Å². The molecule has 0 bridgehead atoms. The van der Waals surface area contributed by atoms with Crippen LogP contribution in [0.15, 0.2) is 4.60 Å². The van der Waals surface area contributed by atoms with Crippen LogP contribution in [0.2, 0.25) is 0 Å². The van der Waals surface area contributed by atoms with Crippen molar-refractivity contribution in [1.82, 2.24) is 4.98 Å². The molecule has 1 radical (unpaired) electrons. The van der Waals surface area contributed by atoms with Crippen LogP contribution >= 0.6 is 38.5 Å². The second-order valence-electron chi connectivity index (χ2n) is 2.08. The van der Waals surface area contributed by atoms with E-state index in [1.807, 2.05) is 13.8 Å². The highest BCUT2D eigenvalue weighted by Gasteiger charge is 2.02. The van der Waals surface area contributed by atoms with Gasteiger partial charge in [-0.15, -0.1) is 0 Å². The minimum atomic E-state index is 0.891. The monoisotopic (exact) mass is 310 g/mol. The third-order valence-electron chi connectivity index (χ3n) is 1.29. The lowest BCUT2D eigenvalue weighted by Gasteiger charge is -2.01. The first kappa shape index (κ1) is 8.46. The summed E-state index contributed by atoms with van der Waals surface area (Å²) in [6.07, 6.45) is 2.90. The van der Waals surface area contributed by atoms with E-state index < -0.39 is 0 Å².